The summed E-state index contributed by atoms with van der Waals surface area (Å²) >= 11 is 0. The number of likely N-dealkylation sites (tertiary alicyclic amines) is 1. The predicted octanol–water partition coefficient (Wildman–Crippen LogP) is 3.54. The van der Waals surface area contributed by atoms with E-state index in [1.165, 1.54) is 31.7 Å². The van der Waals surface area contributed by atoms with E-state index in [2.05, 4.69) is 21.4 Å². The van der Waals surface area contributed by atoms with Crippen molar-refractivity contribution in [1.29, 1.82) is 0 Å². The van der Waals surface area contributed by atoms with E-state index in [1.54, 1.807) is 31.2 Å². The SMILES string of the molecule is CC(=O)c1ccc(NC(=O)C(C)O/N=C(/N)c2cccc(CN3CCCCC3)c2)cc1. The second kappa shape index (κ2) is 10.7. The molecular formula is C24H30N4O3. The molecule has 0 bridgehead atoms. The second-order valence-corrected chi connectivity index (χ2v) is 7.88. The molecule has 164 valence electrons. The zero-order valence-electron chi connectivity index (χ0n) is 18.1. The van der Waals surface area contributed by atoms with Crippen LogP contribution >= 0.6 is 0 Å². The molecule has 0 aromatic heterocycles. The summed E-state index contributed by atoms with van der Waals surface area (Å²) in [5.74, 6) is -0.156. The van der Waals surface area contributed by atoms with Crippen molar-refractivity contribution < 1.29 is 14.4 Å². The molecule has 0 spiro atoms. The van der Waals surface area contributed by atoms with E-state index in [-0.39, 0.29) is 17.5 Å². The van der Waals surface area contributed by atoms with Crippen LogP contribution in [0.5, 0.6) is 0 Å². The number of benzene rings is 2. The molecule has 1 unspecified atom stereocenters. The number of carbonyl (C=O) groups excluding carboxylic acids is 2. The maximum atomic E-state index is 12.3. The molecule has 1 heterocycles. The van der Waals surface area contributed by atoms with Gasteiger partial charge in [-0.1, -0.05) is 29.8 Å². The minimum absolute atomic E-state index is 0.0283. The smallest absolute Gasteiger partial charge is 0.267 e. The van der Waals surface area contributed by atoms with Gasteiger partial charge in [0.25, 0.3) is 5.91 Å². The summed E-state index contributed by atoms with van der Waals surface area (Å²) in [5.41, 5.74) is 9.20. The molecule has 1 saturated heterocycles. The number of oxime groups is 1. The number of anilines is 1. The number of Topliss-reactive ketones (excluding diaryl/α,β-unsaturated/α-hetero) is 1. The van der Waals surface area contributed by atoms with E-state index >= 15 is 0 Å². The first-order valence-electron chi connectivity index (χ1n) is 10.6. The number of amidine groups is 1. The van der Waals surface area contributed by atoms with Crippen molar-refractivity contribution in [1.82, 2.24) is 4.90 Å². The van der Waals surface area contributed by atoms with E-state index in [4.69, 9.17) is 10.6 Å². The first kappa shape index (κ1) is 22.5. The molecular weight excluding hydrogens is 392 g/mol. The van der Waals surface area contributed by atoms with Crippen LogP contribution in [0.1, 0.15) is 54.6 Å². The van der Waals surface area contributed by atoms with Gasteiger partial charge in [-0.15, -0.1) is 0 Å². The van der Waals surface area contributed by atoms with Gasteiger partial charge >= 0.3 is 0 Å². The molecule has 3 N–H and O–H groups in total. The summed E-state index contributed by atoms with van der Waals surface area (Å²) in [4.78, 5) is 31.5. The van der Waals surface area contributed by atoms with E-state index in [9.17, 15) is 9.59 Å². The maximum Gasteiger partial charge on any atom is 0.267 e. The van der Waals surface area contributed by atoms with Crippen LogP contribution in [-0.4, -0.2) is 41.6 Å². The molecule has 2 aromatic rings. The van der Waals surface area contributed by atoms with Crippen LogP contribution in [0, 0.1) is 0 Å². The Morgan fingerprint density at radius 2 is 1.81 bits per heavy atom. The van der Waals surface area contributed by atoms with Gasteiger partial charge in [-0.05, 0) is 75.7 Å². The summed E-state index contributed by atoms with van der Waals surface area (Å²) in [6.45, 7) is 6.24. The Hall–Kier alpha value is -3.19. The predicted molar refractivity (Wildman–Crippen MR) is 122 cm³/mol. The Balaban J connectivity index is 1.55. The average molecular weight is 423 g/mol. The van der Waals surface area contributed by atoms with Gasteiger partial charge in [0.2, 0.25) is 6.10 Å². The number of nitrogens with zero attached hydrogens (tertiary/aromatic N) is 2. The molecule has 1 amide bonds. The Morgan fingerprint density at radius 3 is 2.48 bits per heavy atom. The minimum Gasteiger partial charge on any atom is -0.381 e. The zero-order chi connectivity index (χ0) is 22.2. The number of piperidine rings is 1. The van der Waals surface area contributed by atoms with Gasteiger partial charge in [-0.2, -0.15) is 0 Å². The van der Waals surface area contributed by atoms with Crippen molar-refractivity contribution in [2.24, 2.45) is 10.9 Å². The number of hydrogen-bond donors (Lipinski definition) is 2. The van der Waals surface area contributed by atoms with Crippen molar-refractivity contribution in [3.63, 3.8) is 0 Å². The second-order valence-electron chi connectivity index (χ2n) is 7.88. The number of hydrogen-bond acceptors (Lipinski definition) is 5. The largest absolute Gasteiger partial charge is 0.381 e. The van der Waals surface area contributed by atoms with Crippen LogP contribution < -0.4 is 11.1 Å². The van der Waals surface area contributed by atoms with Crippen LogP contribution in [0.4, 0.5) is 5.69 Å². The summed E-state index contributed by atoms with van der Waals surface area (Å²) in [7, 11) is 0. The molecule has 1 aliphatic rings. The third-order valence-corrected chi connectivity index (χ3v) is 5.31. The minimum atomic E-state index is -0.831. The third-order valence-electron chi connectivity index (χ3n) is 5.31. The van der Waals surface area contributed by atoms with Gasteiger partial charge in [0, 0.05) is 23.4 Å². The standard InChI is InChI=1S/C24H30N4O3/c1-17(29)20-9-11-22(12-10-20)26-24(30)18(2)31-27-23(25)21-8-6-7-19(15-21)16-28-13-4-3-5-14-28/h6-12,15,18H,3-5,13-14,16H2,1-2H3,(H2,25,27)(H,26,30). The average Bonchev–Trinajstić information content (AvgIpc) is 2.78. The fourth-order valence-electron chi connectivity index (χ4n) is 3.47. The van der Waals surface area contributed by atoms with Gasteiger partial charge in [-0.3, -0.25) is 14.5 Å². The lowest BCUT2D eigenvalue weighted by atomic mass is 10.1. The quantitative estimate of drug-likeness (QED) is 0.294. The van der Waals surface area contributed by atoms with Gasteiger partial charge in [0.05, 0.1) is 0 Å². The van der Waals surface area contributed by atoms with Crippen molar-refractivity contribution in [3.05, 3.63) is 65.2 Å². The number of nitrogens with two attached hydrogens (primary N) is 1. The van der Waals surface area contributed by atoms with Crippen molar-refractivity contribution >= 4 is 23.2 Å². The first-order valence-corrected chi connectivity index (χ1v) is 10.6. The lowest BCUT2D eigenvalue weighted by Gasteiger charge is -2.26. The molecule has 3 rings (SSSR count). The number of rotatable bonds is 8. The third kappa shape index (κ3) is 6.65. The van der Waals surface area contributed by atoms with Crippen LogP contribution in [0.15, 0.2) is 53.7 Å². The highest BCUT2D eigenvalue weighted by molar-refractivity contribution is 5.98. The molecule has 31 heavy (non-hydrogen) atoms. The van der Waals surface area contributed by atoms with Crippen LogP contribution in [0.3, 0.4) is 0 Å². The van der Waals surface area contributed by atoms with Gasteiger partial charge in [0.15, 0.2) is 11.6 Å². The molecule has 7 heteroatoms. The summed E-state index contributed by atoms with van der Waals surface area (Å²) in [6, 6.07) is 14.6. The number of nitrogens with one attached hydrogen (secondary N) is 1. The fraction of sp³-hybridized carbons (Fsp3) is 0.375. The fourth-order valence-corrected chi connectivity index (χ4v) is 3.47. The zero-order valence-corrected chi connectivity index (χ0v) is 18.1. The lowest BCUT2D eigenvalue weighted by molar-refractivity contribution is -0.126. The van der Waals surface area contributed by atoms with Gasteiger partial charge in [-0.25, -0.2) is 0 Å². The highest BCUT2D eigenvalue weighted by Crippen LogP contribution is 2.15. The van der Waals surface area contributed by atoms with E-state index in [1.807, 2.05) is 18.2 Å². The van der Waals surface area contributed by atoms with Gasteiger partial charge < -0.3 is 15.9 Å². The molecule has 2 aromatic carbocycles. The van der Waals surface area contributed by atoms with Crippen molar-refractivity contribution in [2.75, 3.05) is 18.4 Å². The lowest BCUT2D eigenvalue weighted by Crippen LogP contribution is -2.29. The van der Waals surface area contributed by atoms with E-state index in [0.717, 1.165) is 25.2 Å². The Kier molecular flexibility index (Phi) is 7.78. The van der Waals surface area contributed by atoms with Gasteiger partial charge in [0.1, 0.15) is 0 Å². The van der Waals surface area contributed by atoms with Crippen LogP contribution in [0.25, 0.3) is 0 Å². The topological polar surface area (TPSA) is 97.0 Å². The number of ketones is 1. The summed E-state index contributed by atoms with van der Waals surface area (Å²) < 4.78 is 0. The maximum absolute atomic E-state index is 12.3. The monoisotopic (exact) mass is 422 g/mol. The molecule has 0 radical (unpaired) electrons. The number of carbonyl (C=O) groups is 2. The van der Waals surface area contributed by atoms with E-state index < -0.39 is 6.10 Å². The molecule has 7 nitrogen and oxygen atoms in total. The molecule has 1 atom stereocenters. The Morgan fingerprint density at radius 1 is 1.10 bits per heavy atom. The van der Waals surface area contributed by atoms with Crippen molar-refractivity contribution in [3.8, 4) is 0 Å². The summed E-state index contributed by atoms with van der Waals surface area (Å²) in [5, 5.41) is 6.69. The molecule has 0 saturated carbocycles. The highest BCUT2D eigenvalue weighted by Gasteiger charge is 2.15. The summed E-state index contributed by atoms with van der Waals surface area (Å²) in [6.07, 6.45) is 2.97. The highest BCUT2D eigenvalue weighted by atomic mass is 16.6. The normalized spacial score (nSPS) is 15.9. The molecule has 1 fully saturated rings. The molecule has 1 aliphatic heterocycles. The Bertz CT molecular complexity index is 934. The van der Waals surface area contributed by atoms with Crippen molar-refractivity contribution in [2.45, 2.75) is 45.8 Å². The Labute approximate surface area is 183 Å². The molecule has 0 aliphatic carbocycles. The number of amides is 1. The van der Waals surface area contributed by atoms with E-state index in [0.29, 0.717) is 11.3 Å². The van der Waals surface area contributed by atoms with Crippen LogP contribution in [0.2, 0.25) is 0 Å². The first-order chi connectivity index (χ1) is 14.9. The van der Waals surface area contributed by atoms with Crippen LogP contribution in [-0.2, 0) is 16.2 Å².